The Morgan fingerprint density at radius 1 is 1.14 bits per heavy atom. The molecule has 0 saturated carbocycles. The smallest absolute Gasteiger partial charge is 0.414 e. The van der Waals surface area contributed by atoms with Gasteiger partial charge in [-0.2, -0.15) is 0 Å². The first-order chi connectivity index (χ1) is 10.5. The average molecular weight is 305 g/mol. The highest BCUT2D eigenvalue weighted by Crippen LogP contribution is 2.27. The first-order valence-corrected chi connectivity index (χ1v) is 6.72. The average Bonchev–Trinajstić information content (AvgIpc) is 3.00. The number of carbonyl (C=O) groups is 2. The van der Waals surface area contributed by atoms with Gasteiger partial charge in [0, 0.05) is 5.92 Å². The lowest BCUT2D eigenvalue weighted by Gasteiger charge is -2.14. The minimum atomic E-state index is -1.82. The zero-order chi connectivity index (χ0) is 16.5. The van der Waals surface area contributed by atoms with Crippen LogP contribution in [0.4, 0.5) is 0 Å². The summed E-state index contributed by atoms with van der Waals surface area (Å²) < 4.78 is 5.48. The predicted molar refractivity (Wildman–Crippen MR) is 80.7 cm³/mol. The summed E-state index contributed by atoms with van der Waals surface area (Å²) in [6.45, 7) is 2.76. The van der Waals surface area contributed by atoms with Crippen molar-refractivity contribution < 1.29 is 24.2 Å². The van der Waals surface area contributed by atoms with Gasteiger partial charge in [-0.1, -0.05) is 29.8 Å². The van der Waals surface area contributed by atoms with Crippen molar-refractivity contribution in [2.45, 2.75) is 19.3 Å². The molecule has 4 N–H and O–H groups in total. The van der Waals surface area contributed by atoms with Gasteiger partial charge in [0.1, 0.15) is 5.76 Å². The molecular formula is C16H19NO5. The van der Waals surface area contributed by atoms with Gasteiger partial charge in [0.25, 0.3) is 0 Å². The third-order valence-electron chi connectivity index (χ3n) is 3.00. The summed E-state index contributed by atoms with van der Waals surface area (Å²) in [4.78, 5) is 18.2. The molecule has 0 saturated heterocycles. The number of aryl methyl sites for hydroxylation is 1. The second-order valence-electron chi connectivity index (χ2n) is 4.67. The number of carboxylic acid groups (broad SMARTS) is 2. The maximum Gasteiger partial charge on any atom is 0.414 e. The summed E-state index contributed by atoms with van der Waals surface area (Å²) in [6, 6.07) is 12.5. The van der Waals surface area contributed by atoms with Crippen LogP contribution in [0.15, 0.2) is 47.1 Å². The van der Waals surface area contributed by atoms with E-state index in [1.165, 1.54) is 11.1 Å². The molecule has 2 rings (SSSR count). The van der Waals surface area contributed by atoms with Gasteiger partial charge < -0.3 is 20.4 Å². The molecular weight excluding hydrogens is 286 g/mol. The number of nitrogens with two attached hydrogens (primary N) is 1. The van der Waals surface area contributed by atoms with Crippen LogP contribution in [0.2, 0.25) is 0 Å². The second kappa shape index (κ2) is 8.63. The van der Waals surface area contributed by atoms with E-state index in [4.69, 9.17) is 30.0 Å². The van der Waals surface area contributed by atoms with Gasteiger partial charge in [-0.15, -0.1) is 0 Å². The van der Waals surface area contributed by atoms with E-state index >= 15 is 0 Å². The molecule has 0 aliphatic rings. The van der Waals surface area contributed by atoms with Crippen LogP contribution >= 0.6 is 0 Å². The summed E-state index contributed by atoms with van der Waals surface area (Å²) in [5.41, 5.74) is 8.20. The molecule has 0 amide bonds. The van der Waals surface area contributed by atoms with E-state index in [0.29, 0.717) is 6.54 Å². The van der Waals surface area contributed by atoms with E-state index in [2.05, 4.69) is 31.2 Å². The minimum absolute atomic E-state index is 0.278. The van der Waals surface area contributed by atoms with Gasteiger partial charge in [-0.3, -0.25) is 0 Å². The Balaban J connectivity index is 0.000000346. The molecule has 22 heavy (non-hydrogen) atoms. The molecule has 0 radical (unpaired) electrons. The Hall–Kier alpha value is -2.60. The highest BCUT2D eigenvalue weighted by molar-refractivity contribution is 6.27. The van der Waals surface area contributed by atoms with Crippen molar-refractivity contribution in [1.82, 2.24) is 0 Å². The Labute approximate surface area is 128 Å². The minimum Gasteiger partial charge on any atom is -0.473 e. The lowest BCUT2D eigenvalue weighted by atomic mass is 9.93. The van der Waals surface area contributed by atoms with Crippen LogP contribution in [0, 0.1) is 6.92 Å². The molecule has 1 unspecified atom stereocenters. The molecule has 0 spiro atoms. The van der Waals surface area contributed by atoms with Gasteiger partial charge in [0.2, 0.25) is 0 Å². The van der Waals surface area contributed by atoms with E-state index < -0.39 is 11.9 Å². The first-order valence-electron chi connectivity index (χ1n) is 6.72. The fraction of sp³-hybridized carbons (Fsp3) is 0.250. The molecule has 1 aromatic heterocycles. The van der Waals surface area contributed by atoms with Crippen LogP contribution in [-0.2, 0) is 9.59 Å². The quantitative estimate of drug-likeness (QED) is 0.746. The normalized spacial score (nSPS) is 11.2. The van der Waals surface area contributed by atoms with Crippen molar-refractivity contribution in [2.75, 3.05) is 6.54 Å². The van der Waals surface area contributed by atoms with Crippen molar-refractivity contribution in [3.63, 3.8) is 0 Å². The van der Waals surface area contributed by atoms with Crippen molar-refractivity contribution in [2.24, 2.45) is 5.73 Å². The molecule has 1 aromatic carbocycles. The molecule has 0 fully saturated rings. The monoisotopic (exact) mass is 305 g/mol. The fourth-order valence-electron chi connectivity index (χ4n) is 1.93. The third kappa shape index (κ3) is 5.41. The van der Waals surface area contributed by atoms with E-state index in [9.17, 15) is 0 Å². The molecule has 2 aromatic rings. The van der Waals surface area contributed by atoms with E-state index in [1.807, 2.05) is 12.1 Å². The Kier molecular flexibility index (Phi) is 6.85. The highest BCUT2D eigenvalue weighted by Gasteiger charge is 2.15. The SMILES string of the molecule is Cc1ccc(C(CCN)c2ccco2)cc1.O=C(O)C(=O)O. The second-order valence-corrected chi connectivity index (χ2v) is 4.67. The van der Waals surface area contributed by atoms with Crippen molar-refractivity contribution in [1.29, 1.82) is 0 Å². The number of aliphatic carboxylic acids is 2. The molecule has 1 atom stereocenters. The number of hydrogen-bond donors (Lipinski definition) is 3. The van der Waals surface area contributed by atoms with Crippen molar-refractivity contribution in [3.05, 3.63) is 59.5 Å². The van der Waals surface area contributed by atoms with Crippen LogP contribution in [0.3, 0.4) is 0 Å². The molecule has 1 heterocycles. The molecule has 0 aliphatic carbocycles. The van der Waals surface area contributed by atoms with Crippen LogP contribution in [0.25, 0.3) is 0 Å². The Morgan fingerprint density at radius 3 is 2.14 bits per heavy atom. The summed E-state index contributed by atoms with van der Waals surface area (Å²) >= 11 is 0. The van der Waals surface area contributed by atoms with Crippen LogP contribution in [-0.4, -0.2) is 28.7 Å². The van der Waals surface area contributed by atoms with Crippen LogP contribution < -0.4 is 5.73 Å². The fourth-order valence-corrected chi connectivity index (χ4v) is 1.93. The maximum atomic E-state index is 9.10. The van der Waals surface area contributed by atoms with E-state index in [0.717, 1.165) is 12.2 Å². The number of hydrogen-bond acceptors (Lipinski definition) is 4. The summed E-state index contributed by atoms with van der Waals surface area (Å²) in [5.74, 6) is -2.38. The summed E-state index contributed by atoms with van der Waals surface area (Å²) in [7, 11) is 0. The van der Waals surface area contributed by atoms with Gasteiger partial charge in [0.05, 0.1) is 6.26 Å². The Morgan fingerprint density at radius 2 is 1.73 bits per heavy atom. The first kappa shape index (κ1) is 17.5. The number of rotatable bonds is 4. The van der Waals surface area contributed by atoms with Gasteiger partial charge in [-0.25, -0.2) is 9.59 Å². The predicted octanol–water partition coefficient (Wildman–Crippen LogP) is 2.22. The largest absolute Gasteiger partial charge is 0.473 e. The number of carboxylic acids is 2. The lowest BCUT2D eigenvalue weighted by Crippen LogP contribution is -2.09. The standard InChI is InChI=1S/C14H17NO.C2H2O4/c1-11-4-6-12(7-5-11)13(8-9-15)14-3-2-10-16-14;3-1(4)2(5)6/h2-7,10,13H,8-9,15H2,1H3;(H,3,4)(H,5,6). The number of furan rings is 1. The topological polar surface area (TPSA) is 114 Å². The molecule has 6 heteroatoms. The zero-order valence-electron chi connectivity index (χ0n) is 12.2. The highest BCUT2D eigenvalue weighted by atomic mass is 16.4. The van der Waals surface area contributed by atoms with Crippen LogP contribution in [0.1, 0.15) is 29.2 Å². The third-order valence-corrected chi connectivity index (χ3v) is 3.00. The number of benzene rings is 1. The van der Waals surface area contributed by atoms with Gasteiger partial charge in [0.15, 0.2) is 0 Å². The summed E-state index contributed by atoms with van der Waals surface area (Å²) in [5, 5.41) is 14.8. The Bertz CT molecular complexity index is 578. The molecule has 0 bridgehead atoms. The van der Waals surface area contributed by atoms with Crippen molar-refractivity contribution in [3.8, 4) is 0 Å². The molecule has 0 aliphatic heterocycles. The molecule has 118 valence electrons. The van der Waals surface area contributed by atoms with E-state index in [-0.39, 0.29) is 5.92 Å². The maximum absolute atomic E-state index is 9.10. The summed E-state index contributed by atoms with van der Waals surface area (Å²) in [6.07, 6.45) is 2.63. The van der Waals surface area contributed by atoms with Gasteiger partial charge in [-0.05, 0) is 37.6 Å². The van der Waals surface area contributed by atoms with Gasteiger partial charge >= 0.3 is 11.9 Å². The van der Waals surface area contributed by atoms with Crippen LogP contribution in [0.5, 0.6) is 0 Å². The zero-order valence-corrected chi connectivity index (χ0v) is 12.2. The van der Waals surface area contributed by atoms with E-state index in [1.54, 1.807) is 6.26 Å². The van der Waals surface area contributed by atoms with Crippen molar-refractivity contribution >= 4 is 11.9 Å². The molecule has 6 nitrogen and oxygen atoms in total. The lowest BCUT2D eigenvalue weighted by molar-refractivity contribution is -0.159.